The van der Waals surface area contributed by atoms with Crippen molar-refractivity contribution in [1.29, 1.82) is 0 Å². The Morgan fingerprint density at radius 2 is 1.04 bits per heavy atom. The maximum Gasteiger partial charge on any atom is 3.00 e. The third kappa shape index (κ3) is 10.2. The van der Waals surface area contributed by atoms with E-state index in [0.29, 0.717) is 0 Å². The summed E-state index contributed by atoms with van der Waals surface area (Å²) >= 11 is 0. The van der Waals surface area contributed by atoms with Crippen LogP contribution in [-0.4, -0.2) is 15.0 Å². The van der Waals surface area contributed by atoms with E-state index >= 15 is 0 Å². The Hall–Kier alpha value is -5.02. The van der Waals surface area contributed by atoms with Gasteiger partial charge in [-0.1, -0.05) is 67.5 Å². The van der Waals surface area contributed by atoms with Gasteiger partial charge in [-0.05, 0) is 60.6 Å². The molecule has 0 saturated heterocycles. The summed E-state index contributed by atoms with van der Waals surface area (Å²) in [5, 5.41) is 0. The molecule has 0 N–H and O–H groups in total. The first-order valence-corrected chi connectivity index (χ1v) is 15.1. The second-order valence-electron chi connectivity index (χ2n) is 10.4. The molecule has 0 aliphatic carbocycles. The molecule has 7 rings (SSSR count). The van der Waals surface area contributed by atoms with E-state index in [0.717, 1.165) is 61.9 Å². The van der Waals surface area contributed by atoms with E-state index in [4.69, 9.17) is 4.11 Å². The van der Waals surface area contributed by atoms with E-state index in [-0.39, 0.29) is 26.5 Å². The fourth-order valence-corrected chi connectivity index (χ4v) is 4.71. The molecule has 7 aromatic rings. The number of aryl methyl sites for hydroxylation is 3. The summed E-state index contributed by atoms with van der Waals surface area (Å²) in [7, 11) is 0. The second kappa shape index (κ2) is 18.2. The Balaban J connectivity index is 0.000000178. The summed E-state index contributed by atoms with van der Waals surface area (Å²) in [6.07, 6.45) is 1.77. The van der Waals surface area contributed by atoms with Gasteiger partial charge < -0.3 is 15.0 Å². The van der Waals surface area contributed by atoms with Gasteiger partial charge in [0, 0.05) is 27.3 Å². The van der Waals surface area contributed by atoms with E-state index in [2.05, 4.69) is 33.2 Å². The zero-order valence-electron chi connectivity index (χ0n) is 29.3. The number of hydrogen-bond acceptors (Lipinski definition) is 3. The Morgan fingerprint density at radius 3 is 1.49 bits per heavy atom. The molecule has 4 aromatic carbocycles. The van der Waals surface area contributed by atoms with E-state index in [1.807, 2.05) is 159 Å². The fourth-order valence-electron chi connectivity index (χ4n) is 4.71. The van der Waals surface area contributed by atoms with Crippen LogP contribution in [0.4, 0.5) is 0 Å². The summed E-state index contributed by atoms with van der Waals surface area (Å²) in [6, 6.07) is 56.3. The molecule has 47 heavy (non-hydrogen) atoms. The van der Waals surface area contributed by atoms with Crippen LogP contribution in [0.1, 0.15) is 27.9 Å². The number of pyridine rings is 3. The van der Waals surface area contributed by atoms with Crippen LogP contribution in [0.15, 0.2) is 152 Å². The number of rotatable bonds is 5. The SMILES string of the molecule is Cc1cccc(-c2[c-]cccc2)n1.Cc1cccc(-c2[c-]cccc2)n1.[2H]C([2H])([2H])Cc1cc(-c2[c-]cccc2)ncc1-c1ccccc1.[Ir+3]. The standard InChI is InChI=1S/C19H16N.2C12H10N.Ir/c1-2-15-13-19(17-11-7-4-8-12-17)20-14-18(15)16-9-5-3-6-10-16;2*1-10-6-5-9-12(13-10)11-7-3-2-4-8-11;/h3-11,13-14H,2H2,1H3;2*2-7,9H,1H3;/q3*-1;+3/i1D3;;;. The average molecular weight is 790 g/mol. The normalized spacial score (nSPS) is 11.1. The summed E-state index contributed by atoms with van der Waals surface area (Å²) in [5.74, 6) is 0. The third-order valence-electron chi connectivity index (χ3n) is 7.00. The molecule has 0 amide bonds. The fraction of sp³-hybridized carbons (Fsp3) is 0.0930. The van der Waals surface area contributed by atoms with Gasteiger partial charge in [0.2, 0.25) is 0 Å². The van der Waals surface area contributed by atoms with Gasteiger partial charge in [0.25, 0.3) is 0 Å². The summed E-state index contributed by atoms with van der Waals surface area (Å²) in [6.45, 7) is 1.96. The van der Waals surface area contributed by atoms with E-state index in [1.165, 1.54) is 0 Å². The smallest absolute Gasteiger partial charge is 0.304 e. The van der Waals surface area contributed by atoms with E-state index in [9.17, 15) is 0 Å². The van der Waals surface area contributed by atoms with Crippen LogP contribution in [0.5, 0.6) is 0 Å². The van der Waals surface area contributed by atoms with Gasteiger partial charge in [0.05, 0.1) is 0 Å². The van der Waals surface area contributed by atoms with Gasteiger partial charge in [0.1, 0.15) is 0 Å². The van der Waals surface area contributed by atoms with Crippen molar-refractivity contribution in [3.8, 4) is 44.9 Å². The Morgan fingerprint density at radius 1 is 0.553 bits per heavy atom. The molecule has 0 saturated carbocycles. The average Bonchev–Trinajstić information content (AvgIpc) is 3.13. The predicted octanol–water partition coefficient (Wildman–Crippen LogP) is 10.5. The van der Waals surface area contributed by atoms with Crippen molar-refractivity contribution < 1.29 is 24.2 Å². The first kappa shape index (κ1) is 30.6. The summed E-state index contributed by atoms with van der Waals surface area (Å²) in [4.78, 5) is 13.3. The van der Waals surface area contributed by atoms with Crippen molar-refractivity contribution >= 4 is 0 Å². The molecule has 232 valence electrons. The van der Waals surface area contributed by atoms with E-state index in [1.54, 1.807) is 6.20 Å². The van der Waals surface area contributed by atoms with Crippen LogP contribution in [0, 0.1) is 32.0 Å². The Labute approximate surface area is 297 Å². The van der Waals surface area contributed by atoms with Crippen LogP contribution in [0.3, 0.4) is 0 Å². The van der Waals surface area contributed by atoms with Gasteiger partial charge in [-0.25, -0.2) is 0 Å². The molecular formula is C43H36IrN3. The van der Waals surface area contributed by atoms with Crippen LogP contribution in [0.2, 0.25) is 0 Å². The molecule has 4 heteroatoms. The van der Waals surface area contributed by atoms with Crippen molar-refractivity contribution in [3.05, 3.63) is 187 Å². The number of benzene rings is 4. The second-order valence-corrected chi connectivity index (χ2v) is 10.4. The zero-order chi connectivity index (χ0) is 34.5. The van der Waals surface area contributed by atoms with Gasteiger partial charge >= 0.3 is 20.1 Å². The molecular weight excluding hydrogens is 751 g/mol. The molecule has 0 radical (unpaired) electrons. The molecule has 0 bridgehead atoms. The molecule has 0 atom stereocenters. The molecule has 3 heterocycles. The minimum atomic E-state index is -2.03. The summed E-state index contributed by atoms with van der Waals surface area (Å²) in [5.41, 5.74) is 10.4. The maximum atomic E-state index is 7.61. The Bertz CT molecular complexity index is 1960. The topological polar surface area (TPSA) is 38.7 Å². The minimum Gasteiger partial charge on any atom is -0.304 e. The third-order valence-corrected chi connectivity index (χ3v) is 7.00. The molecule has 3 nitrogen and oxygen atoms in total. The number of aromatic nitrogens is 3. The van der Waals surface area contributed by atoms with Crippen molar-refractivity contribution in [2.75, 3.05) is 0 Å². The molecule has 0 aliphatic heterocycles. The number of nitrogens with zero attached hydrogens (tertiary/aromatic N) is 3. The number of hydrogen-bond donors (Lipinski definition) is 0. The molecule has 3 aromatic heterocycles. The first-order valence-electron chi connectivity index (χ1n) is 16.6. The van der Waals surface area contributed by atoms with E-state index < -0.39 is 6.85 Å². The largest absolute Gasteiger partial charge is 3.00 e. The van der Waals surface area contributed by atoms with Gasteiger partial charge in [-0.2, -0.15) is 0 Å². The predicted molar refractivity (Wildman–Crippen MR) is 190 cm³/mol. The van der Waals surface area contributed by atoms with Crippen molar-refractivity contribution in [2.45, 2.75) is 27.1 Å². The van der Waals surface area contributed by atoms with Crippen LogP contribution >= 0.6 is 0 Å². The van der Waals surface area contributed by atoms with Crippen LogP contribution in [-0.2, 0) is 26.5 Å². The minimum absolute atomic E-state index is 0. The Kier molecular flexibility index (Phi) is 11.9. The molecule has 0 unspecified atom stereocenters. The first-order chi connectivity index (χ1) is 23.7. The van der Waals surface area contributed by atoms with Gasteiger partial charge in [-0.15, -0.1) is 108 Å². The van der Waals surface area contributed by atoms with Crippen LogP contribution in [0.25, 0.3) is 44.9 Å². The molecule has 0 fully saturated rings. The van der Waals surface area contributed by atoms with Crippen molar-refractivity contribution in [1.82, 2.24) is 15.0 Å². The van der Waals surface area contributed by atoms with Crippen molar-refractivity contribution in [2.24, 2.45) is 0 Å². The maximum absolute atomic E-state index is 7.61. The molecule has 0 spiro atoms. The molecule has 0 aliphatic rings. The summed E-state index contributed by atoms with van der Waals surface area (Å²) < 4.78 is 22.8. The monoisotopic (exact) mass is 790 g/mol. The van der Waals surface area contributed by atoms with Gasteiger partial charge in [0.15, 0.2) is 0 Å². The van der Waals surface area contributed by atoms with Crippen molar-refractivity contribution in [3.63, 3.8) is 0 Å². The quantitative estimate of drug-likeness (QED) is 0.163. The zero-order valence-corrected chi connectivity index (χ0v) is 28.7. The van der Waals surface area contributed by atoms with Gasteiger partial charge in [-0.3, -0.25) is 0 Å². The van der Waals surface area contributed by atoms with Crippen LogP contribution < -0.4 is 0 Å².